The minimum Gasteiger partial charge on any atom is -0.325 e. The third-order valence-electron chi connectivity index (χ3n) is 5.13. The number of carbonyl (C=O) groups excluding carboxylic acids is 1. The van der Waals surface area contributed by atoms with Crippen molar-refractivity contribution in [3.8, 4) is 11.3 Å². The standard InChI is InChI=1S/C24H19N5O2/c1-16-10-11-28-14-20(27-22(28)12-16)17-6-8-18(9-7-17)26-23(30)15-29-21-5-3-2-4-19(21)25-13-24(29)31/h2-14H,15H2,1H3,(H,26,30). The molecule has 0 bridgehead atoms. The highest BCUT2D eigenvalue weighted by Crippen LogP contribution is 2.22. The van der Waals surface area contributed by atoms with E-state index >= 15 is 0 Å². The zero-order chi connectivity index (χ0) is 21.4. The van der Waals surface area contributed by atoms with Crippen molar-refractivity contribution in [1.29, 1.82) is 0 Å². The van der Waals surface area contributed by atoms with Crippen molar-refractivity contribution in [1.82, 2.24) is 18.9 Å². The average Bonchev–Trinajstić information content (AvgIpc) is 3.19. The van der Waals surface area contributed by atoms with Crippen molar-refractivity contribution in [2.24, 2.45) is 0 Å². The fraction of sp³-hybridized carbons (Fsp3) is 0.0833. The van der Waals surface area contributed by atoms with Gasteiger partial charge >= 0.3 is 0 Å². The van der Waals surface area contributed by atoms with E-state index in [2.05, 4.69) is 15.3 Å². The van der Waals surface area contributed by atoms with Gasteiger partial charge in [0.25, 0.3) is 5.56 Å². The van der Waals surface area contributed by atoms with E-state index < -0.39 is 0 Å². The summed E-state index contributed by atoms with van der Waals surface area (Å²) in [6.07, 6.45) is 5.20. The molecule has 0 atom stereocenters. The summed E-state index contributed by atoms with van der Waals surface area (Å²) in [6, 6.07) is 18.8. The summed E-state index contributed by atoms with van der Waals surface area (Å²) in [7, 11) is 0. The Morgan fingerprint density at radius 1 is 1.06 bits per heavy atom. The number of nitrogens with one attached hydrogen (secondary N) is 1. The number of pyridine rings is 1. The second kappa shape index (κ2) is 7.53. The number of aromatic nitrogens is 4. The molecule has 0 saturated heterocycles. The molecule has 0 aliphatic heterocycles. The Kier molecular flexibility index (Phi) is 4.55. The lowest BCUT2D eigenvalue weighted by Crippen LogP contribution is -2.27. The number of fused-ring (bicyclic) bond motifs is 2. The van der Waals surface area contributed by atoms with Crippen LogP contribution in [0.15, 0.2) is 84.0 Å². The summed E-state index contributed by atoms with van der Waals surface area (Å²) < 4.78 is 3.40. The minimum absolute atomic E-state index is 0.0879. The van der Waals surface area contributed by atoms with E-state index in [0.717, 1.165) is 22.5 Å². The molecular weight excluding hydrogens is 390 g/mol. The Morgan fingerprint density at radius 2 is 1.87 bits per heavy atom. The first-order valence-electron chi connectivity index (χ1n) is 9.87. The second-order valence-electron chi connectivity index (χ2n) is 7.39. The van der Waals surface area contributed by atoms with E-state index in [1.165, 1.54) is 10.8 Å². The molecule has 0 aliphatic carbocycles. The third-order valence-corrected chi connectivity index (χ3v) is 5.13. The molecule has 0 radical (unpaired) electrons. The molecule has 152 valence electrons. The first-order valence-corrected chi connectivity index (χ1v) is 9.87. The van der Waals surface area contributed by atoms with Crippen LogP contribution in [0.2, 0.25) is 0 Å². The fourth-order valence-electron chi connectivity index (χ4n) is 3.57. The number of anilines is 1. The predicted octanol–water partition coefficient (Wildman–Crippen LogP) is 3.66. The zero-order valence-electron chi connectivity index (χ0n) is 16.8. The largest absolute Gasteiger partial charge is 0.325 e. The molecule has 0 aliphatic rings. The molecular formula is C24H19N5O2. The molecule has 1 N–H and O–H groups in total. The Hall–Kier alpha value is -4.26. The topological polar surface area (TPSA) is 81.3 Å². The summed E-state index contributed by atoms with van der Waals surface area (Å²) in [5.41, 5.74) is 5.50. The number of para-hydroxylation sites is 2. The van der Waals surface area contributed by atoms with Gasteiger partial charge in [0.15, 0.2) is 0 Å². The molecule has 0 saturated carbocycles. The van der Waals surface area contributed by atoms with Crippen LogP contribution >= 0.6 is 0 Å². The molecule has 5 rings (SSSR count). The van der Waals surface area contributed by atoms with Gasteiger partial charge < -0.3 is 9.72 Å². The molecule has 7 nitrogen and oxygen atoms in total. The smallest absolute Gasteiger partial charge is 0.269 e. The Morgan fingerprint density at radius 3 is 2.71 bits per heavy atom. The van der Waals surface area contributed by atoms with Crippen LogP contribution in [0.3, 0.4) is 0 Å². The van der Waals surface area contributed by atoms with E-state index in [9.17, 15) is 9.59 Å². The van der Waals surface area contributed by atoms with Gasteiger partial charge in [-0.15, -0.1) is 0 Å². The Bertz CT molecular complexity index is 1480. The van der Waals surface area contributed by atoms with Crippen LogP contribution in [0.5, 0.6) is 0 Å². The van der Waals surface area contributed by atoms with Crippen LogP contribution < -0.4 is 10.9 Å². The molecule has 31 heavy (non-hydrogen) atoms. The van der Waals surface area contributed by atoms with Crippen LogP contribution in [0.4, 0.5) is 5.69 Å². The van der Waals surface area contributed by atoms with E-state index in [0.29, 0.717) is 16.7 Å². The highest BCUT2D eigenvalue weighted by Gasteiger charge is 2.10. The Labute approximate surface area is 177 Å². The number of hydrogen-bond acceptors (Lipinski definition) is 4. The van der Waals surface area contributed by atoms with Gasteiger partial charge in [0.05, 0.1) is 22.9 Å². The quantitative estimate of drug-likeness (QED) is 0.491. The SMILES string of the molecule is Cc1ccn2cc(-c3ccc(NC(=O)Cn4c(=O)cnc5ccccc54)cc3)nc2c1. The lowest BCUT2D eigenvalue weighted by Gasteiger charge is -2.10. The number of hydrogen-bond donors (Lipinski definition) is 1. The van der Waals surface area contributed by atoms with Crippen LogP contribution in [0, 0.1) is 6.92 Å². The van der Waals surface area contributed by atoms with Gasteiger partial charge in [0.1, 0.15) is 12.2 Å². The maximum Gasteiger partial charge on any atom is 0.269 e. The van der Waals surface area contributed by atoms with Gasteiger partial charge in [-0.3, -0.25) is 14.2 Å². The molecule has 3 heterocycles. The molecule has 5 aromatic rings. The van der Waals surface area contributed by atoms with Crippen molar-refractivity contribution < 1.29 is 4.79 Å². The number of nitrogens with zero attached hydrogens (tertiary/aromatic N) is 4. The molecule has 2 aromatic carbocycles. The molecule has 0 unspecified atom stereocenters. The predicted molar refractivity (Wildman–Crippen MR) is 120 cm³/mol. The maximum atomic E-state index is 12.6. The number of carbonyl (C=O) groups is 1. The van der Waals surface area contributed by atoms with Crippen molar-refractivity contribution in [2.75, 3.05) is 5.32 Å². The average molecular weight is 409 g/mol. The van der Waals surface area contributed by atoms with Crippen molar-refractivity contribution in [3.63, 3.8) is 0 Å². The summed E-state index contributed by atoms with van der Waals surface area (Å²) in [5.74, 6) is -0.283. The molecule has 1 amide bonds. The van der Waals surface area contributed by atoms with Crippen LogP contribution in [-0.2, 0) is 11.3 Å². The second-order valence-corrected chi connectivity index (χ2v) is 7.39. The van der Waals surface area contributed by atoms with E-state index in [1.54, 1.807) is 6.07 Å². The van der Waals surface area contributed by atoms with Gasteiger partial charge in [0.2, 0.25) is 5.91 Å². The number of rotatable bonds is 4. The summed E-state index contributed by atoms with van der Waals surface area (Å²) in [4.78, 5) is 33.6. The lowest BCUT2D eigenvalue weighted by molar-refractivity contribution is -0.116. The van der Waals surface area contributed by atoms with Gasteiger partial charge in [-0.1, -0.05) is 24.3 Å². The highest BCUT2D eigenvalue weighted by molar-refractivity contribution is 5.91. The zero-order valence-corrected chi connectivity index (χ0v) is 16.8. The first kappa shape index (κ1) is 18.7. The summed E-state index contributed by atoms with van der Waals surface area (Å²) in [5, 5.41) is 2.85. The molecule has 7 heteroatoms. The van der Waals surface area contributed by atoms with Crippen LogP contribution in [0.1, 0.15) is 5.56 Å². The monoisotopic (exact) mass is 409 g/mol. The number of imidazole rings is 1. The highest BCUT2D eigenvalue weighted by atomic mass is 16.2. The fourth-order valence-corrected chi connectivity index (χ4v) is 3.57. The number of benzene rings is 2. The summed E-state index contributed by atoms with van der Waals surface area (Å²) >= 11 is 0. The van der Waals surface area contributed by atoms with Gasteiger partial charge in [-0.2, -0.15) is 0 Å². The third kappa shape index (κ3) is 3.69. The van der Waals surface area contributed by atoms with E-state index in [4.69, 9.17) is 0 Å². The van der Waals surface area contributed by atoms with Gasteiger partial charge in [-0.25, -0.2) is 9.97 Å². The van der Waals surface area contributed by atoms with Crippen molar-refractivity contribution >= 4 is 28.3 Å². The number of amides is 1. The van der Waals surface area contributed by atoms with Gasteiger partial charge in [-0.05, 0) is 48.9 Å². The lowest BCUT2D eigenvalue weighted by atomic mass is 10.1. The maximum absolute atomic E-state index is 12.6. The van der Waals surface area contributed by atoms with E-state index in [1.807, 2.05) is 78.3 Å². The molecule has 0 spiro atoms. The van der Waals surface area contributed by atoms with Crippen LogP contribution in [-0.4, -0.2) is 24.8 Å². The summed E-state index contributed by atoms with van der Waals surface area (Å²) in [6.45, 7) is 1.95. The van der Waals surface area contributed by atoms with E-state index in [-0.39, 0.29) is 18.0 Å². The molecule has 0 fully saturated rings. The minimum atomic E-state index is -0.314. The molecule has 3 aromatic heterocycles. The van der Waals surface area contributed by atoms with Gasteiger partial charge in [0, 0.05) is 23.6 Å². The Balaban J connectivity index is 1.34. The first-order chi connectivity index (χ1) is 15.1. The number of aryl methyl sites for hydroxylation is 1. The van der Waals surface area contributed by atoms with Crippen LogP contribution in [0.25, 0.3) is 27.9 Å². The van der Waals surface area contributed by atoms with Crippen molar-refractivity contribution in [2.45, 2.75) is 13.5 Å². The van der Waals surface area contributed by atoms with Crippen molar-refractivity contribution in [3.05, 3.63) is 95.2 Å². The normalized spacial score (nSPS) is 11.1.